The molecule has 4 atom stereocenters. The van der Waals surface area contributed by atoms with E-state index in [0.717, 1.165) is 5.57 Å². The van der Waals surface area contributed by atoms with E-state index in [1.165, 1.54) is 13.8 Å². The number of ether oxygens (including phenoxy) is 1. The van der Waals surface area contributed by atoms with Crippen LogP contribution >= 0.6 is 0 Å². The zero-order valence-electron chi connectivity index (χ0n) is 20.9. The summed E-state index contributed by atoms with van der Waals surface area (Å²) in [6.07, 6.45) is -2.08. The van der Waals surface area contributed by atoms with Gasteiger partial charge in [0, 0.05) is 12.3 Å². The highest BCUT2D eigenvalue weighted by Gasteiger charge is 2.65. The molecular formula is C25H38O8. The number of carbonyl (C=O) groups is 3. The molecular weight excluding hydrogens is 428 g/mol. The van der Waals surface area contributed by atoms with Gasteiger partial charge < -0.3 is 25.2 Å². The lowest BCUT2D eigenvalue weighted by atomic mass is 9.59. The molecule has 0 amide bonds. The second kappa shape index (κ2) is 8.73. The number of aliphatic hydroxyl groups excluding tert-OH is 2. The van der Waals surface area contributed by atoms with Crippen molar-refractivity contribution in [3.8, 4) is 0 Å². The minimum Gasteiger partial charge on any atom is -0.510 e. The zero-order valence-corrected chi connectivity index (χ0v) is 20.9. The smallest absolute Gasteiger partial charge is 0.209 e. The molecule has 2 rings (SSSR count). The standard InChI is InChI=1S/C25H38O8/c1-13(2)9-10-24-11-15(26)23(7,8)33-16(22(5,6)31)12-25(32,21(24)30)20(29)17(19(24)28)18(27)14(3)4/h9,14-16,26,28,31-32H,10-12H2,1-8H3. The molecule has 4 unspecified atom stereocenters. The third-order valence-corrected chi connectivity index (χ3v) is 6.79. The van der Waals surface area contributed by atoms with Gasteiger partial charge in [-0.2, -0.15) is 0 Å². The summed E-state index contributed by atoms with van der Waals surface area (Å²) in [7, 11) is 0. The Labute approximate surface area is 195 Å². The van der Waals surface area contributed by atoms with E-state index in [-0.39, 0.29) is 6.42 Å². The summed E-state index contributed by atoms with van der Waals surface area (Å²) in [4.78, 5) is 40.4. The van der Waals surface area contributed by atoms with Gasteiger partial charge in [0.25, 0.3) is 0 Å². The van der Waals surface area contributed by atoms with Gasteiger partial charge in [-0.25, -0.2) is 0 Å². The van der Waals surface area contributed by atoms with Crippen LogP contribution in [0.3, 0.4) is 0 Å². The lowest BCUT2D eigenvalue weighted by Gasteiger charge is -2.44. The average molecular weight is 467 g/mol. The van der Waals surface area contributed by atoms with Crippen molar-refractivity contribution >= 4 is 17.3 Å². The van der Waals surface area contributed by atoms with Crippen molar-refractivity contribution in [3.05, 3.63) is 23.0 Å². The number of rotatable bonds is 5. The van der Waals surface area contributed by atoms with E-state index in [0.29, 0.717) is 0 Å². The third kappa shape index (κ3) is 4.71. The molecule has 1 saturated heterocycles. The predicted molar refractivity (Wildman–Crippen MR) is 121 cm³/mol. The number of allylic oxidation sites excluding steroid dienone is 3. The molecule has 0 aromatic heterocycles. The molecule has 1 aliphatic carbocycles. The van der Waals surface area contributed by atoms with E-state index in [1.807, 2.05) is 0 Å². The molecule has 1 fully saturated rings. The Hall–Kier alpha value is -1.87. The Kier molecular flexibility index (Phi) is 7.24. The summed E-state index contributed by atoms with van der Waals surface area (Å²) in [5, 5.41) is 44.8. The van der Waals surface area contributed by atoms with Gasteiger partial charge in [-0.3, -0.25) is 14.4 Å². The van der Waals surface area contributed by atoms with E-state index < -0.39 is 81.9 Å². The number of Topliss-reactive ketones (excluding diaryl/α,β-unsaturated/α-hetero) is 3. The van der Waals surface area contributed by atoms with E-state index in [2.05, 4.69) is 0 Å². The van der Waals surface area contributed by atoms with Crippen molar-refractivity contribution in [2.45, 2.75) is 104 Å². The molecule has 2 bridgehead atoms. The van der Waals surface area contributed by atoms with Gasteiger partial charge in [-0.1, -0.05) is 25.5 Å². The summed E-state index contributed by atoms with van der Waals surface area (Å²) in [5.74, 6) is -4.35. The quantitative estimate of drug-likeness (QED) is 0.275. The third-order valence-electron chi connectivity index (χ3n) is 6.79. The van der Waals surface area contributed by atoms with Crippen LogP contribution in [0.4, 0.5) is 0 Å². The Morgan fingerprint density at radius 1 is 1.21 bits per heavy atom. The average Bonchev–Trinajstić information content (AvgIpc) is 2.68. The first-order chi connectivity index (χ1) is 14.8. The van der Waals surface area contributed by atoms with Crippen LogP contribution in [0.2, 0.25) is 0 Å². The highest BCUT2D eigenvalue weighted by atomic mass is 16.5. The Bertz CT molecular complexity index is 900. The number of fused-ring (bicyclic) bond motifs is 2. The van der Waals surface area contributed by atoms with Gasteiger partial charge in [-0.15, -0.1) is 0 Å². The lowest BCUT2D eigenvalue weighted by Crippen LogP contribution is -2.62. The maximum Gasteiger partial charge on any atom is 0.209 e. The highest BCUT2D eigenvalue weighted by molar-refractivity contribution is 6.33. The lowest BCUT2D eigenvalue weighted by molar-refractivity contribution is -0.198. The van der Waals surface area contributed by atoms with Gasteiger partial charge in [0.2, 0.25) is 5.78 Å². The number of carbonyl (C=O) groups excluding carboxylic acids is 3. The van der Waals surface area contributed by atoms with Crippen molar-refractivity contribution in [1.29, 1.82) is 0 Å². The highest BCUT2D eigenvalue weighted by Crippen LogP contribution is 2.51. The van der Waals surface area contributed by atoms with E-state index >= 15 is 0 Å². The molecule has 0 aromatic carbocycles. The van der Waals surface area contributed by atoms with Gasteiger partial charge in [0.1, 0.15) is 11.3 Å². The fourth-order valence-electron chi connectivity index (χ4n) is 4.43. The Morgan fingerprint density at radius 3 is 2.21 bits per heavy atom. The van der Waals surface area contributed by atoms with Crippen LogP contribution in [0.15, 0.2) is 23.0 Å². The Morgan fingerprint density at radius 2 is 1.76 bits per heavy atom. The minimum atomic E-state index is -2.73. The number of aliphatic hydroxyl groups is 4. The first-order valence-electron chi connectivity index (χ1n) is 11.3. The minimum absolute atomic E-state index is 0.134. The van der Waals surface area contributed by atoms with Crippen molar-refractivity contribution in [1.82, 2.24) is 0 Å². The van der Waals surface area contributed by atoms with Crippen LogP contribution in [0, 0.1) is 11.3 Å². The van der Waals surface area contributed by atoms with Gasteiger partial charge in [0.05, 0.1) is 28.8 Å². The molecule has 8 heteroatoms. The normalized spacial score (nSPS) is 32.8. The van der Waals surface area contributed by atoms with Crippen molar-refractivity contribution in [2.75, 3.05) is 0 Å². The predicted octanol–water partition coefficient (Wildman–Crippen LogP) is 2.34. The summed E-state index contributed by atoms with van der Waals surface area (Å²) < 4.78 is 5.99. The van der Waals surface area contributed by atoms with Crippen LogP contribution < -0.4 is 0 Å². The summed E-state index contributed by atoms with van der Waals surface area (Å²) in [6, 6.07) is 0. The van der Waals surface area contributed by atoms with Crippen LogP contribution in [-0.4, -0.2) is 66.8 Å². The second-order valence-corrected chi connectivity index (χ2v) is 11.1. The first kappa shape index (κ1) is 27.4. The zero-order chi connectivity index (χ0) is 25.7. The second-order valence-electron chi connectivity index (χ2n) is 11.1. The molecule has 1 heterocycles. The van der Waals surface area contributed by atoms with Crippen molar-refractivity contribution in [3.63, 3.8) is 0 Å². The molecule has 8 nitrogen and oxygen atoms in total. The van der Waals surface area contributed by atoms with E-state index in [4.69, 9.17) is 4.74 Å². The Balaban J connectivity index is 2.97. The molecule has 0 saturated carbocycles. The van der Waals surface area contributed by atoms with Crippen molar-refractivity contribution in [2.24, 2.45) is 11.3 Å². The van der Waals surface area contributed by atoms with Crippen molar-refractivity contribution < 1.29 is 39.5 Å². The fourth-order valence-corrected chi connectivity index (χ4v) is 4.43. The SMILES string of the molecule is CC(C)=CCC12CC(O)C(C)(C)OC(C(C)(C)O)CC(O)(C(=O)C(C(=O)C(C)C)=C1O)C2=O. The van der Waals surface area contributed by atoms with E-state index in [9.17, 15) is 34.8 Å². The van der Waals surface area contributed by atoms with Crippen LogP contribution in [0.25, 0.3) is 0 Å². The summed E-state index contributed by atoms with van der Waals surface area (Å²) >= 11 is 0. The van der Waals surface area contributed by atoms with E-state index in [1.54, 1.807) is 47.6 Å². The molecule has 4 N–H and O–H groups in total. The summed E-state index contributed by atoms with van der Waals surface area (Å²) in [6.45, 7) is 12.6. The van der Waals surface area contributed by atoms with Crippen LogP contribution in [-0.2, 0) is 19.1 Å². The van der Waals surface area contributed by atoms with Crippen LogP contribution in [0.1, 0.15) is 74.7 Å². The van der Waals surface area contributed by atoms with Gasteiger partial charge in [-0.05, 0) is 54.4 Å². The molecule has 2 aliphatic rings. The number of hydrogen-bond donors (Lipinski definition) is 4. The van der Waals surface area contributed by atoms with Gasteiger partial charge >= 0.3 is 0 Å². The largest absolute Gasteiger partial charge is 0.510 e. The van der Waals surface area contributed by atoms with Crippen LogP contribution in [0.5, 0.6) is 0 Å². The molecule has 33 heavy (non-hydrogen) atoms. The molecule has 0 radical (unpaired) electrons. The maximum atomic E-state index is 13.9. The first-order valence-corrected chi connectivity index (χ1v) is 11.3. The maximum absolute atomic E-state index is 13.9. The number of ketones is 3. The molecule has 0 aromatic rings. The fraction of sp³-hybridized carbons (Fsp3) is 0.720. The number of hydrogen-bond acceptors (Lipinski definition) is 8. The summed E-state index contributed by atoms with van der Waals surface area (Å²) in [5.41, 5.74) is -7.40. The molecule has 0 spiro atoms. The molecule has 1 aliphatic heterocycles. The van der Waals surface area contributed by atoms with Gasteiger partial charge in [0.15, 0.2) is 17.2 Å². The monoisotopic (exact) mass is 466 g/mol. The topological polar surface area (TPSA) is 141 Å². The molecule has 186 valence electrons.